The van der Waals surface area contributed by atoms with Crippen LogP contribution in [0, 0.1) is 0 Å². The number of aromatic nitrogens is 2. The largest absolute Gasteiger partial charge is 0.416 e. The fraction of sp³-hybridized carbons (Fsp3) is 0.444. The van der Waals surface area contributed by atoms with E-state index < -0.39 is 21.9 Å². The Morgan fingerprint density at radius 1 is 1.18 bits per heavy atom. The average molecular weight is 414 g/mol. The molecule has 0 N–H and O–H groups in total. The lowest BCUT2D eigenvalue weighted by atomic mass is 9.92. The minimum absolute atomic E-state index is 0.213. The van der Waals surface area contributed by atoms with Crippen molar-refractivity contribution in [3.63, 3.8) is 0 Å². The number of hydrogen-bond donors (Lipinski definition) is 0. The summed E-state index contributed by atoms with van der Waals surface area (Å²) in [5, 5.41) is 0. The van der Waals surface area contributed by atoms with Crippen LogP contribution >= 0.6 is 0 Å². The van der Waals surface area contributed by atoms with Crippen LogP contribution < -0.4 is 0 Å². The zero-order valence-electron chi connectivity index (χ0n) is 15.5. The van der Waals surface area contributed by atoms with Crippen LogP contribution in [0.5, 0.6) is 0 Å². The van der Waals surface area contributed by atoms with Gasteiger partial charge in [0.2, 0.25) is 0 Å². The Hall–Kier alpha value is -2.04. The van der Waals surface area contributed by atoms with Gasteiger partial charge in [-0.15, -0.1) is 0 Å². The lowest BCUT2D eigenvalue weighted by Gasteiger charge is -2.33. The van der Waals surface area contributed by atoms with Crippen LogP contribution in [0.25, 0.3) is 11.3 Å². The molecule has 6 nitrogen and oxygen atoms in total. The highest BCUT2D eigenvalue weighted by atomic mass is 32.2. The number of halogens is 3. The predicted octanol–water partition coefficient (Wildman–Crippen LogP) is 3.15. The van der Waals surface area contributed by atoms with E-state index in [2.05, 4.69) is 9.97 Å². The zero-order valence-corrected chi connectivity index (χ0v) is 16.3. The second-order valence-corrected chi connectivity index (χ2v) is 9.00. The first-order valence-electron chi connectivity index (χ1n) is 8.77. The van der Waals surface area contributed by atoms with Gasteiger partial charge >= 0.3 is 6.18 Å². The molecule has 0 radical (unpaired) electrons. The van der Waals surface area contributed by atoms with Gasteiger partial charge in [-0.25, -0.2) is 0 Å². The number of alkyl halides is 3. The maximum absolute atomic E-state index is 13.1. The first kappa shape index (κ1) is 20.7. The second kappa shape index (κ2) is 7.76. The van der Waals surface area contributed by atoms with Gasteiger partial charge < -0.3 is 0 Å². The molecular formula is C18H21F3N4O2S. The quantitative estimate of drug-likeness (QED) is 0.771. The van der Waals surface area contributed by atoms with E-state index in [0.717, 1.165) is 16.4 Å². The van der Waals surface area contributed by atoms with Crippen LogP contribution in [-0.2, 0) is 16.4 Å². The van der Waals surface area contributed by atoms with Crippen LogP contribution in [0.1, 0.15) is 30.0 Å². The van der Waals surface area contributed by atoms with Crippen molar-refractivity contribution >= 4 is 10.2 Å². The Kier molecular flexibility index (Phi) is 5.74. The van der Waals surface area contributed by atoms with E-state index in [1.165, 1.54) is 36.9 Å². The molecule has 3 rings (SSSR count). The van der Waals surface area contributed by atoms with Gasteiger partial charge in [0.1, 0.15) is 0 Å². The third-order valence-electron chi connectivity index (χ3n) is 4.75. The van der Waals surface area contributed by atoms with Crippen molar-refractivity contribution in [1.29, 1.82) is 0 Å². The highest BCUT2D eigenvalue weighted by molar-refractivity contribution is 7.86. The summed E-state index contributed by atoms with van der Waals surface area (Å²) in [7, 11) is -0.640. The normalized spacial score (nSPS) is 19.1. The molecule has 1 saturated heterocycles. The Bertz CT molecular complexity index is 948. The molecule has 152 valence electrons. The zero-order chi connectivity index (χ0) is 20.5. The van der Waals surface area contributed by atoms with Crippen molar-refractivity contribution in [3.8, 4) is 11.3 Å². The lowest BCUT2D eigenvalue weighted by Crippen LogP contribution is -2.45. The third-order valence-corrected chi connectivity index (χ3v) is 6.66. The van der Waals surface area contributed by atoms with Gasteiger partial charge in [0.05, 0.1) is 17.0 Å². The van der Waals surface area contributed by atoms with Crippen molar-refractivity contribution < 1.29 is 21.6 Å². The Labute approximate surface area is 162 Å². The summed E-state index contributed by atoms with van der Waals surface area (Å²) >= 11 is 0. The summed E-state index contributed by atoms with van der Waals surface area (Å²) in [5.41, 5.74) is 0.413. The molecule has 0 amide bonds. The van der Waals surface area contributed by atoms with Gasteiger partial charge in [-0.2, -0.15) is 30.2 Å². The molecule has 1 aromatic carbocycles. The molecule has 0 aliphatic carbocycles. The molecule has 1 unspecified atom stereocenters. The minimum Gasteiger partial charge on any atom is -0.257 e. The smallest absolute Gasteiger partial charge is 0.257 e. The molecule has 28 heavy (non-hydrogen) atoms. The maximum atomic E-state index is 13.1. The van der Waals surface area contributed by atoms with E-state index in [4.69, 9.17) is 0 Å². The van der Waals surface area contributed by atoms with Crippen molar-refractivity contribution in [2.75, 3.05) is 27.2 Å². The number of benzene rings is 1. The number of nitrogens with zero attached hydrogens (tertiary/aromatic N) is 4. The molecule has 1 fully saturated rings. The van der Waals surface area contributed by atoms with Crippen LogP contribution in [0.15, 0.2) is 36.7 Å². The number of hydrogen-bond acceptors (Lipinski definition) is 4. The Balaban J connectivity index is 1.97. The SMILES string of the molecule is CN(C)S(=O)(=O)N1CCCC(c2nccnc2-c2cccc(C(F)(F)F)c2)C1. The van der Waals surface area contributed by atoms with Gasteiger partial charge in [-0.3, -0.25) is 9.97 Å². The van der Waals surface area contributed by atoms with Crippen LogP contribution in [0.4, 0.5) is 13.2 Å². The van der Waals surface area contributed by atoms with E-state index >= 15 is 0 Å². The molecule has 1 aromatic heterocycles. The van der Waals surface area contributed by atoms with Gasteiger partial charge in [-0.1, -0.05) is 12.1 Å². The highest BCUT2D eigenvalue weighted by Gasteiger charge is 2.34. The van der Waals surface area contributed by atoms with Crippen LogP contribution in [0.2, 0.25) is 0 Å². The molecule has 0 saturated carbocycles. The Morgan fingerprint density at radius 2 is 1.89 bits per heavy atom. The molecule has 2 aromatic rings. The van der Waals surface area contributed by atoms with Crippen molar-refractivity contribution in [3.05, 3.63) is 47.9 Å². The van der Waals surface area contributed by atoms with Crippen LogP contribution in [0.3, 0.4) is 0 Å². The molecule has 1 atom stereocenters. The van der Waals surface area contributed by atoms with Gasteiger partial charge in [0.15, 0.2) is 0 Å². The summed E-state index contributed by atoms with van der Waals surface area (Å²) in [6.07, 6.45) is -0.234. The summed E-state index contributed by atoms with van der Waals surface area (Å²) in [4.78, 5) is 8.61. The molecule has 0 spiro atoms. The highest BCUT2D eigenvalue weighted by Crippen LogP contribution is 2.35. The molecule has 0 bridgehead atoms. The number of rotatable bonds is 4. The lowest BCUT2D eigenvalue weighted by molar-refractivity contribution is -0.137. The van der Waals surface area contributed by atoms with E-state index in [9.17, 15) is 21.6 Å². The molecule has 1 aliphatic rings. The van der Waals surface area contributed by atoms with E-state index in [0.29, 0.717) is 36.3 Å². The van der Waals surface area contributed by atoms with Crippen molar-refractivity contribution in [1.82, 2.24) is 18.6 Å². The monoisotopic (exact) mass is 414 g/mol. The summed E-state index contributed by atoms with van der Waals surface area (Å²) in [5.74, 6) is -0.248. The summed E-state index contributed by atoms with van der Waals surface area (Å²) in [6, 6.07) is 4.94. The third kappa shape index (κ3) is 4.18. The predicted molar refractivity (Wildman–Crippen MR) is 98.6 cm³/mol. The molecule has 10 heteroatoms. The number of piperidine rings is 1. The fourth-order valence-corrected chi connectivity index (χ4v) is 4.51. The summed E-state index contributed by atoms with van der Waals surface area (Å²) < 4.78 is 66.7. The summed E-state index contributed by atoms with van der Waals surface area (Å²) in [6.45, 7) is 0.612. The fourth-order valence-electron chi connectivity index (χ4n) is 3.32. The first-order valence-corrected chi connectivity index (χ1v) is 10.2. The van der Waals surface area contributed by atoms with Crippen molar-refractivity contribution in [2.45, 2.75) is 24.9 Å². The van der Waals surface area contributed by atoms with E-state index in [-0.39, 0.29) is 12.5 Å². The van der Waals surface area contributed by atoms with E-state index in [1.807, 2.05) is 0 Å². The minimum atomic E-state index is -4.46. The van der Waals surface area contributed by atoms with Gasteiger partial charge in [0, 0.05) is 51.1 Å². The Morgan fingerprint density at radius 3 is 2.57 bits per heavy atom. The van der Waals surface area contributed by atoms with Gasteiger partial charge in [0.25, 0.3) is 10.2 Å². The maximum Gasteiger partial charge on any atom is 0.416 e. The van der Waals surface area contributed by atoms with Crippen LogP contribution in [-0.4, -0.2) is 54.2 Å². The molecule has 2 heterocycles. The van der Waals surface area contributed by atoms with Crippen molar-refractivity contribution in [2.24, 2.45) is 0 Å². The first-order chi connectivity index (χ1) is 13.1. The van der Waals surface area contributed by atoms with E-state index in [1.54, 1.807) is 6.07 Å². The molecule has 1 aliphatic heterocycles. The second-order valence-electron chi connectivity index (χ2n) is 6.86. The molecular weight excluding hydrogens is 393 g/mol. The average Bonchev–Trinajstić information content (AvgIpc) is 2.67. The standard InChI is InChI=1S/C18H21F3N4O2S/c1-24(2)28(26,27)25-10-4-6-14(12-25)17-16(22-8-9-23-17)13-5-3-7-15(11-13)18(19,20)21/h3,5,7-9,11,14H,4,6,10,12H2,1-2H3. The topological polar surface area (TPSA) is 66.4 Å². The van der Waals surface area contributed by atoms with Gasteiger partial charge in [-0.05, 0) is 25.0 Å².